The van der Waals surface area contributed by atoms with Gasteiger partial charge in [0.1, 0.15) is 5.75 Å². The van der Waals surface area contributed by atoms with Gasteiger partial charge in [0.2, 0.25) is 5.95 Å². The summed E-state index contributed by atoms with van der Waals surface area (Å²) in [6.07, 6.45) is 3.87. The zero-order chi connectivity index (χ0) is 24.8. The molecule has 0 aliphatic carbocycles. The standard InChI is InChI=1S/C27H32FN3O3S/c1-3-20(22-9-11-29-24-8-7-19(34-2)16-23(22)24)21-10-12-31(17-18(21)15-27(32)33)13-14-35-26-6-4-5-25(28)30-26/h4-9,11,16,18,20-21H,3,10,12-15,17H2,1-2H3,(H,32,33)/t18-,20-,21-/m0/s1. The molecule has 1 aliphatic heterocycles. The number of methoxy groups -OCH3 is 1. The highest BCUT2D eigenvalue weighted by molar-refractivity contribution is 7.99. The van der Waals surface area contributed by atoms with E-state index in [0.717, 1.165) is 54.9 Å². The molecule has 1 fully saturated rings. The van der Waals surface area contributed by atoms with Crippen LogP contribution in [-0.4, -0.2) is 58.4 Å². The number of aromatic nitrogens is 2. The fraction of sp³-hybridized carbons (Fsp3) is 0.444. The summed E-state index contributed by atoms with van der Waals surface area (Å²) in [7, 11) is 1.66. The van der Waals surface area contributed by atoms with E-state index in [-0.39, 0.29) is 24.2 Å². The van der Waals surface area contributed by atoms with Crippen molar-refractivity contribution in [3.05, 3.63) is 60.2 Å². The molecule has 0 spiro atoms. The quantitative estimate of drug-likeness (QED) is 0.294. The Balaban J connectivity index is 1.50. The number of carboxylic acid groups (broad SMARTS) is 1. The molecular formula is C27H32FN3O3S. The van der Waals surface area contributed by atoms with Crippen LogP contribution in [0.25, 0.3) is 10.9 Å². The number of likely N-dealkylation sites (tertiary alicyclic amines) is 1. The number of carbonyl (C=O) groups is 1. The topological polar surface area (TPSA) is 75.5 Å². The summed E-state index contributed by atoms with van der Waals surface area (Å²) >= 11 is 1.53. The molecular weight excluding hydrogens is 465 g/mol. The summed E-state index contributed by atoms with van der Waals surface area (Å²) in [5, 5.41) is 11.4. The molecule has 1 saturated heterocycles. The molecule has 1 aromatic carbocycles. The van der Waals surface area contributed by atoms with E-state index in [2.05, 4.69) is 27.9 Å². The van der Waals surface area contributed by atoms with E-state index in [0.29, 0.717) is 5.03 Å². The highest BCUT2D eigenvalue weighted by Gasteiger charge is 2.36. The summed E-state index contributed by atoms with van der Waals surface area (Å²) < 4.78 is 18.8. The van der Waals surface area contributed by atoms with Crippen LogP contribution in [0.5, 0.6) is 5.75 Å². The molecule has 3 aromatic rings. The van der Waals surface area contributed by atoms with E-state index in [1.807, 2.05) is 30.5 Å². The largest absolute Gasteiger partial charge is 0.497 e. The van der Waals surface area contributed by atoms with Crippen LogP contribution in [0.1, 0.15) is 37.7 Å². The lowest BCUT2D eigenvalue weighted by molar-refractivity contribution is -0.139. The van der Waals surface area contributed by atoms with Gasteiger partial charge in [-0.3, -0.25) is 9.78 Å². The van der Waals surface area contributed by atoms with Gasteiger partial charge in [0, 0.05) is 36.8 Å². The lowest BCUT2D eigenvalue weighted by Gasteiger charge is -2.42. The molecule has 3 atom stereocenters. The zero-order valence-corrected chi connectivity index (χ0v) is 21.0. The Morgan fingerprint density at radius 1 is 1.31 bits per heavy atom. The molecule has 8 heteroatoms. The second kappa shape index (κ2) is 11.8. The van der Waals surface area contributed by atoms with Crippen molar-refractivity contribution in [3.63, 3.8) is 0 Å². The van der Waals surface area contributed by atoms with Crippen molar-refractivity contribution in [1.29, 1.82) is 0 Å². The number of piperidine rings is 1. The van der Waals surface area contributed by atoms with Gasteiger partial charge < -0.3 is 14.7 Å². The fourth-order valence-electron chi connectivity index (χ4n) is 5.40. The van der Waals surface area contributed by atoms with E-state index in [1.165, 1.54) is 23.4 Å². The average molecular weight is 498 g/mol. The molecule has 0 radical (unpaired) electrons. The van der Waals surface area contributed by atoms with E-state index in [4.69, 9.17) is 4.74 Å². The molecule has 0 amide bonds. The predicted octanol–water partition coefficient (Wildman–Crippen LogP) is 5.48. The molecule has 35 heavy (non-hydrogen) atoms. The van der Waals surface area contributed by atoms with Crippen LogP contribution < -0.4 is 4.74 Å². The first-order valence-corrected chi connectivity index (χ1v) is 13.1. The van der Waals surface area contributed by atoms with Crippen LogP contribution in [0.4, 0.5) is 4.39 Å². The number of nitrogens with zero attached hydrogens (tertiary/aromatic N) is 3. The van der Waals surface area contributed by atoms with Gasteiger partial charge in [0.15, 0.2) is 0 Å². The van der Waals surface area contributed by atoms with Crippen LogP contribution in [0.15, 0.2) is 53.7 Å². The Kier molecular flexibility index (Phi) is 8.57. The predicted molar refractivity (Wildman–Crippen MR) is 137 cm³/mol. The van der Waals surface area contributed by atoms with Crippen LogP contribution in [0.3, 0.4) is 0 Å². The molecule has 0 saturated carbocycles. The Hall–Kier alpha value is -2.71. The van der Waals surface area contributed by atoms with E-state index in [1.54, 1.807) is 13.2 Å². The van der Waals surface area contributed by atoms with Crippen molar-refractivity contribution in [3.8, 4) is 5.75 Å². The SMILES string of the molecule is CC[C@H](c1ccnc2ccc(OC)cc12)[C@H]1CCN(CCSc2cccc(F)n2)C[C@@H]1CC(=O)O. The molecule has 4 rings (SSSR count). The molecule has 3 heterocycles. The number of aliphatic carboxylic acids is 1. The van der Waals surface area contributed by atoms with E-state index < -0.39 is 11.9 Å². The fourth-order valence-corrected chi connectivity index (χ4v) is 6.28. The Morgan fingerprint density at radius 3 is 2.91 bits per heavy atom. The second-order valence-electron chi connectivity index (χ2n) is 9.06. The summed E-state index contributed by atoms with van der Waals surface area (Å²) in [6, 6.07) is 12.9. The van der Waals surface area contributed by atoms with Crippen molar-refractivity contribution in [2.24, 2.45) is 11.8 Å². The Morgan fingerprint density at radius 2 is 2.17 bits per heavy atom. The van der Waals surface area contributed by atoms with Crippen LogP contribution >= 0.6 is 11.8 Å². The summed E-state index contributed by atoms with van der Waals surface area (Å²) in [5.74, 6) is 0.917. The number of fused-ring (bicyclic) bond motifs is 1. The molecule has 186 valence electrons. The first-order chi connectivity index (χ1) is 17.0. The normalized spacial score (nSPS) is 19.5. The Labute approximate surface area is 209 Å². The third-order valence-electron chi connectivity index (χ3n) is 7.00. The van der Waals surface area contributed by atoms with Crippen LogP contribution in [0, 0.1) is 17.8 Å². The molecule has 1 N–H and O–H groups in total. The first-order valence-electron chi connectivity index (χ1n) is 12.1. The average Bonchev–Trinajstić information content (AvgIpc) is 2.85. The van der Waals surface area contributed by atoms with Gasteiger partial charge in [-0.25, -0.2) is 4.98 Å². The number of benzene rings is 1. The lowest BCUT2D eigenvalue weighted by Crippen LogP contribution is -2.44. The van der Waals surface area contributed by atoms with Crippen molar-refractivity contribution in [1.82, 2.24) is 14.9 Å². The number of hydrogen-bond acceptors (Lipinski definition) is 6. The molecule has 1 aliphatic rings. The Bertz CT molecular complexity index is 1160. The minimum Gasteiger partial charge on any atom is -0.497 e. The van der Waals surface area contributed by atoms with Gasteiger partial charge in [0.05, 0.1) is 17.7 Å². The maximum atomic E-state index is 13.4. The third-order valence-corrected chi connectivity index (χ3v) is 7.91. The number of thioether (sulfide) groups is 1. The maximum Gasteiger partial charge on any atom is 0.303 e. The van der Waals surface area contributed by atoms with Gasteiger partial charge in [-0.1, -0.05) is 13.0 Å². The number of ether oxygens (including phenoxy) is 1. The summed E-state index contributed by atoms with van der Waals surface area (Å²) in [4.78, 5) is 22.6. The number of halogens is 1. The molecule has 0 unspecified atom stereocenters. The minimum atomic E-state index is -0.753. The van der Waals surface area contributed by atoms with Crippen molar-refractivity contribution in [2.75, 3.05) is 32.5 Å². The second-order valence-corrected chi connectivity index (χ2v) is 10.2. The van der Waals surface area contributed by atoms with E-state index >= 15 is 0 Å². The summed E-state index contributed by atoms with van der Waals surface area (Å²) in [6.45, 7) is 4.67. The lowest BCUT2D eigenvalue weighted by atomic mass is 9.71. The smallest absolute Gasteiger partial charge is 0.303 e. The van der Waals surface area contributed by atoms with Crippen molar-refractivity contribution >= 4 is 28.6 Å². The maximum absolute atomic E-state index is 13.4. The van der Waals surface area contributed by atoms with Gasteiger partial charge in [-0.15, -0.1) is 11.8 Å². The monoisotopic (exact) mass is 497 g/mol. The minimum absolute atomic E-state index is 0.0531. The third kappa shape index (κ3) is 6.30. The number of rotatable bonds is 10. The first kappa shape index (κ1) is 25.4. The number of pyridine rings is 2. The highest BCUT2D eigenvalue weighted by Crippen LogP contribution is 2.42. The van der Waals surface area contributed by atoms with Crippen LogP contribution in [-0.2, 0) is 4.79 Å². The number of hydrogen-bond donors (Lipinski definition) is 1. The van der Waals surface area contributed by atoms with Crippen molar-refractivity contribution in [2.45, 2.75) is 37.1 Å². The number of carboxylic acids is 1. The molecule has 6 nitrogen and oxygen atoms in total. The zero-order valence-electron chi connectivity index (χ0n) is 20.2. The van der Waals surface area contributed by atoms with E-state index in [9.17, 15) is 14.3 Å². The van der Waals surface area contributed by atoms with Crippen molar-refractivity contribution < 1.29 is 19.0 Å². The molecule has 2 aromatic heterocycles. The van der Waals surface area contributed by atoms with Gasteiger partial charge in [-0.2, -0.15) is 4.39 Å². The van der Waals surface area contributed by atoms with Gasteiger partial charge in [-0.05, 0) is 79.1 Å². The van der Waals surface area contributed by atoms with Gasteiger partial charge in [0.25, 0.3) is 0 Å². The highest BCUT2D eigenvalue weighted by atomic mass is 32.2. The molecule has 0 bridgehead atoms. The van der Waals surface area contributed by atoms with Gasteiger partial charge >= 0.3 is 5.97 Å². The van der Waals surface area contributed by atoms with Crippen LogP contribution in [0.2, 0.25) is 0 Å². The summed E-state index contributed by atoms with van der Waals surface area (Å²) in [5.41, 5.74) is 2.15.